The van der Waals surface area contributed by atoms with Gasteiger partial charge in [-0.25, -0.2) is 0 Å². The maximum absolute atomic E-state index is 13.1. The van der Waals surface area contributed by atoms with Crippen molar-refractivity contribution in [2.45, 2.75) is 59.5 Å². The number of carbonyl (C=O) groups excluding carboxylic acids is 2. The van der Waals surface area contributed by atoms with Crippen LogP contribution in [-0.2, 0) is 6.54 Å². The predicted molar refractivity (Wildman–Crippen MR) is 128 cm³/mol. The summed E-state index contributed by atoms with van der Waals surface area (Å²) in [6.07, 6.45) is 6.72. The number of allylic oxidation sites excluding steroid dienone is 1. The number of hydrogen-bond acceptors (Lipinski definition) is 3. The molecule has 2 aromatic rings. The maximum Gasteiger partial charge on any atom is 0.263 e. The summed E-state index contributed by atoms with van der Waals surface area (Å²) in [5.74, 6) is -0.301. The average molecular weight is 436 g/mol. The molecule has 1 atom stereocenters. The number of carbonyl (C=O) groups is 2. The molecule has 6 nitrogen and oxygen atoms in total. The van der Waals surface area contributed by atoms with Gasteiger partial charge in [0.25, 0.3) is 17.4 Å². The van der Waals surface area contributed by atoms with Gasteiger partial charge in [0, 0.05) is 19.3 Å². The summed E-state index contributed by atoms with van der Waals surface area (Å²) in [6.45, 7) is 8.82. The van der Waals surface area contributed by atoms with Crippen LogP contribution in [0.1, 0.15) is 77.4 Å². The number of hydrogen-bond donors (Lipinski definition) is 2. The van der Waals surface area contributed by atoms with E-state index in [2.05, 4.69) is 50.5 Å². The Morgan fingerprint density at radius 3 is 2.59 bits per heavy atom. The van der Waals surface area contributed by atoms with E-state index in [1.165, 1.54) is 23.3 Å². The third-order valence-corrected chi connectivity index (χ3v) is 6.25. The van der Waals surface area contributed by atoms with Gasteiger partial charge in [-0.1, -0.05) is 43.7 Å². The summed E-state index contributed by atoms with van der Waals surface area (Å²) in [5, 5.41) is 5.44. The lowest BCUT2D eigenvalue weighted by atomic mass is 9.94. The largest absolute Gasteiger partial charge is 0.355 e. The van der Waals surface area contributed by atoms with E-state index in [4.69, 9.17) is 0 Å². The number of aromatic nitrogens is 1. The molecule has 6 heteroatoms. The molecule has 0 bridgehead atoms. The van der Waals surface area contributed by atoms with Crippen molar-refractivity contribution in [3.05, 3.63) is 74.2 Å². The van der Waals surface area contributed by atoms with Gasteiger partial charge in [0.2, 0.25) is 0 Å². The fraction of sp³-hybridized carbons (Fsp3) is 0.423. The number of aryl methyl sites for hydroxylation is 1. The van der Waals surface area contributed by atoms with Crippen LogP contribution in [0.4, 0.5) is 0 Å². The van der Waals surface area contributed by atoms with Crippen LogP contribution < -0.4 is 16.2 Å². The Balaban J connectivity index is 2.06. The van der Waals surface area contributed by atoms with E-state index in [1.54, 1.807) is 6.20 Å². The Hall–Kier alpha value is -3.15. The van der Waals surface area contributed by atoms with Crippen molar-refractivity contribution in [3.8, 4) is 0 Å². The molecule has 0 aliphatic heterocycles. The number of nitrogens with one attached hydrogen (secondary N) is 2. The minimum absolute atomic E-state index is 0.0310. The highest BCUT2D eigenvalue weighted by Gasteiger charge is 2.25. The van der Waals surface area contributed by atoms with Gasteiger partial charge in [0.1, 0.15) is 5.56 Å². The molecule has 1 aromatic carbocycles. The summed E-state index contributed by atoms with van der Waals surface area (Å²) in [5.41, 5.74) is 4.31. The van der Waals surface area contributed by atoms with Gasteiger partial charge in [-0.3, -0.25) is 14.4 Å². The number of rotatable bonds is 8. The first-order valence-electron chi connectivity index (χ1n) is 11.3. The van der Waals surface area contributed by atoms with Crippen LogP contribution in [0.2, 0.25) is 0 Å². The minimum Gasteiger partial charge on any atom is -0.355 e. The van der Waals surface area contributed by atoms with E-state index in [-0.39, 0.29) is 24.1 Å². The highest BCUT2D eigenvalue weighted by atomic mass is 16.2. The van der Waals surface area contributed by atoms with Crippen molar-refractivity contribution in [1.29, 1.82) is 0 Å². The lowest BCUT2D eigenvalue weighted by molar-refractivity contribution is 0.0950. The normalized spacial score (nSPS) is 14.7. The molecule has 1 aliphatic rings. The van der Waals surface area contributed by atoms with Crippen molar-refractivity contribution in [3.63, 3.8) is 0 Å². The Kier molecular flexibility index (Phi) is 7.33. The molecule has 170 valence electrons. The fourth-order valence-corrected chi connectivity index (χ4v) is 3.63. The third kappa shape index (κ3) is 5.36. The van der Waals surface area contributed by atoms with Crippen molar-refractivity contribution >= 4 is 17.9 Å². The monoisotopic (exact) mass is 435 g/mol. The minimum atomic E-state index is -0.498. The lowest BCUT2D eigenvalue weighted by Gasteiger charge is -2.16. The first kappa shape index (κ1) is 23.5. The van der Waals surface area contributed by atoms with Crippen molar-refractivity contribution in [1.82, 2.24) is 15.2 Å². The van der Waals surface area contributed by atoms with Gasteiger partial charge in [0.15, 0.2) is 0 Å². The summed E-state index contributed by atoms with van der Waals surface area (Å²) in [7, 11) is 1.48. The van der Waals surface area contributed by atoms with E-state index in [0.717, 1.165) is 36.0 Å². The molecule has 0 saturated heterocycles. The van der Waals surface area contributed by atoms with Gasteiger partial charge < -0.3 is 15.2 Å². The second-order valence-electron chi connectivity index (χ2n) is 8.75. The van der Waals surface area contributed by atoms with E-state index in [0.29, 0.717) is 11.5 Å². The Morgan fingerprint density at radius 2 is 1.97 bits per heavy atom. The molecule has 1 fully saturated rings. The fourth-order valence-electron chi connectivity index (χ4n) is 3.63. The van der Waals surface area contributed by atoms with Crippen molar-refractivity contribution < 1.29 is 9.59 Å². The molecule has 2 N–H and O–H groups in total. The van der Waals surface area contributed by atoms with Crippen LogP contribution in [0.3, 0.4) is 0 Å². The Morgan fingerprint density at radius 1 is 1.25 bits per heavy atom. The quantitative estimate of drug-likeness (QED) is 0.660. The molecule has 1 unspecified atom stereocenters. The number of pyridine rings is 1. The molecule has 0 spiro atoms. The van der Waals surface area contributed by atoms with Crippen molar-refractivity contribution in [2.75, 3.05) is 7.05 Å². The standard InChI is InChI=1S/C26H33N3O3/c1-6-16(2)18(4)12-22-17(3)8-7-9-19(22)14-29-15-20(24(30)28-21-10-11-21)13-23(26(29)32)25(31)27-5/h7-9,12-13,15-16,21H,6,10-11,14H2,1-5H3,(H,27,31)(H,28,30)/b18-12-. The zero-order chi connectivity index (χ0) is 23.4. The Bertz CT molecular complexity index is 1110. The molecule has 1 aromatic heterocycles. The van der Waals surface area contributed by atoms with Gasteiger partial charge in [-0.05, 0) is 61.8 Å². The zero-order valence-corrected chi connectivity index (χ0v) is 19.6. The molecule has 2 amide bonds. The van der Waals surface area contributed by atoms with Gasteiger partial charge >= 0.3 is 0 Å². The van der Waals surface area contributed by atoms with Crippen LogP contribution in [0.5, 0.6) is 0 Å². The number of amides is 2. The number of benzene rings is 1. The van der Waals surface area contributed by atoms with Crippen LogP contribution in [0, 0.1) is 12.8 Å². The second kappa shape index (κ2) is 9.98. The third-order valence-electron chi connectivity index (χ3n) is 6.25. The zero-order valence-electron chi connectivity index (χ0n) is 19.6. The molecular weight excluding hydrogens is 402 g/mol. The van der Waals surface area contributed by atoms with E-state index >= 15 is 0 Å². The van der Waals surface area contributed by atoms with Crippen LogP contribution >= 0.6 is 0 Å². The topological polar surface area (TPSA) is 80.2 Å². The lowest BCUT2D eigenvalue weighted by Crippen LogP contribution is -2.34. The number of nitrogens with zero attached hydrogens (tertiary/aromatic N) is 1. The van der Waals surface area contributed by atoms with Crippen LogP contribution in [-0.4, -0.2) is 29.5 Å². The smallest absolute Gasteiger partial charge is 0.263 e. The summed E-state index contributed by atoms with van der Waals surface area (Å²) < 4.78 is 1.47. The van der Waals surface area contributed by atoms with E-state index < -0.39 is 11.5 Å². The summed E-state index contributed by atoms with van der Waals surface area (Å²) in [4.78, 5) is 38.1. The van der Waals surface area contributed by atoms with Gasteiger partial charge in [0.05, 0.1) is 12.1 Å². The van der Waals surface area contributed by atoms with E-state index in [9.17, 15) is 14.4 Å². The SMILES string of the molecule is CCC(C)/C(C)=C\c1c(C)cccc1Cn1cc(C(=O)NC2CC2)cc(C(=O)NC)c1=O. The molecular formula is C26H33N3O3. The van der Waals surface area contributed by atoms with Crippen LogP contribution in [0.25, 0.3) is 6.08 Å². The second-order valence-corrected chi connectivity index (χ2v) is 8.75. The molecule has 3 rings (SSSR count). The molecule has 1 heterocycles. The Labute approximate surface area is 189 Å². The molecule has 0 radical (unpaired) electrons. The highest BCUT2D eigenvalue weighted by molar-refractivity contribution is 5.99. The molecule has 32 heavy (non-hydrogen) atoms. The van der Waals surface area contributed by atoms with Gasteiger partial charge in [-0.15, -0.1) is 0 Å². The highest BCUT2D eigenvalue weighted by Crippen LogP contribution is 2.23. The van der Waals surface area contributed by atoms with Gasteiger partial charge in [-0.2, -0.15) is 0 Å². The van der Waals surface area contributed by atoms with Crippen LogP contribution in [0.15, 0.2) is 40.8 Å². The molecule has 1 saturated carbocycles. The first-order chi connectivity index (χ1) is 15.2. The van der Waals surface area contributed by atoms with E-state index in [1.807, 2.05) is 12.1 Å². The maximum atomic E-state index is 13.1. The summed E-state index contributed by atoms with van der Waals surface area (Å²) >= 11 is 0. The first-order valence-corrected chi connectivity index (χ1v) is 11.3. The van der Waals surface area contributed by atoms with Crippen molar-refractivity contribution in [2.24, 2.45) is 5.92 Å². The molecule has 1 aliphatic carbocycles. The summed E-state index contributed by atoms with van der Waals surface area (Å²) in [6, 6.07) is 7.58. The average Bonchev–Trinajstić information content (AvgIpc) is 3.59. The predicted octanol–water partition coefficient (Wildman–Crippen LogP) is 3.91.